The van der Waals surface area contributed by atoms with Crippen LogP contribution >= 0.6 is 0 Å². The zero-order valence-corrected chi connectivity index (χ0v) is 11.2. The Bertz CT molecular complexity index is 919. The van der Waals surface area contributed by atoms with E-state index in [9.17, 15) is 4.79 Å². The van der Waals surface area contributed by atoms with Gasteiger partial charge in [0.05, 0.1) is 5.57 Å². The molecule has 0 fully saturated rings. The lowest BCUT2D eigenvalue weighted by atomic mass is 9.96. The summed E-state index contributed by atoms with van der Waals surface area (Å²) in [5.74, 6) is -0.724. The molecule has 0 aliphatic rings. The number of benzene rings is 3. The number of esters is 1. The number of fused-ring (bicyclic) bond motifs is 2. The van der Waals surface area contributed by atoms with Crippen LogP contribution in [0.1, 0.15) is 5.56 Å². The molecular formula is C18H11NO2. The summed E-state index contributed by atoms with van der Waals surface area (Å²) in [5.41, 5.74) is 0.857. The van der Waals surface area contributed by atoms with Crippen LogP contribution in [0.15, 0.2) is 61.2 Å². The fourth-order valence-electron chi connectivity index (χ4n) is 2.44. The van der Waals surface area contributed by atoms with Gasteiger partial charge in [-0.2, -0.15) is 0 Å². The molecule has 0 amide bonds. The van der Waals surface area contributed by atoms with Crippen LogP contribution in [0.25, 0.3) is 27.1 Å². The average molecular weight is 273 g/mol. The molecule has 0 radical (unpaired) electrons. The second-order valence-corrected chi connectivity index (χ2v) is 4.69. The van der Waals surface area contributed by atoms with Crippen molar-refractivity contribution in [2.75, 3.05) is 0 Å². The van der Waals surface area contributed by atoms with Gasteiger partial charge in [0.1, 0.15) is 0 Å². The van der Waals surface area contributed by atoms with Crippen molar-refractivity contribution in [2.45, 2.75) is 0 Å². The van der Waals surface area contributed by atoms with Crippen LogP contribution in [0.4, 0.5) is 0 Å². The lowest BCUT2D eigenvalue weighted by molar-refractivity contribution is -0.130. The number of carbonyl (C=O) groups is 1. The summed E-state index contributed by atoms with van der Waals surface area (Å²) in [5, 5.41) is 12.6. The largest absolute Gasteiger partial charge is 0.353 e. The van der Waals surface area contributed by atoms with E-state index in [-0.39, 0.29) is 5.57 Å². The summed E-state index contributed by atoms with van der Waals surface area (Å²) in [6.45, 7) is 3.75. The molecule has 0 saturated heterocycles. The van der Waals surface area contributed by atoms with Gasteiger partial charge in [-0.3, -0.25) is 0 Å². The maximum absolute atomic E-state index is 11.7. The molecule has 3 nitrogen and oxygen atoms in total. The fraction of sp³-hybridized carbons (Fsp3) is 0. The van der Waals surface area contributed by atoms with Crippen molar-refractivity contribution in [1.29, 1.82) is 5.26 Å². The Morgan fingerprint density at radius 1 is 1.00 bits per heavy atom. The summed E-state index contributed by atoms with van der Waals surface area (Å²) in [7, 11) is 0. The van der Waals surface area contributed by atoms with Gasteiger partial charge in [0.2, 0.25) is 0 Å². The number of rotatable bonds is 2. The summed E-state index contributed by atoms with van der Waals surface area (Å²) >= 11 is 0. The second-order valence-electron chi connectivity index (χ2n) is 4.69. The number of ether oxygens (including phenoxy) is 1. The molecule has 3 heteroatoms. The number of carbonyl (C=O) groups excluding carboxylic acids is 1. The Morgan fingerprint density at radius 3 is 2.38 bits per heavy atom. The van der Waals surface area contributed by atoms with E-state index in [1.165, 1.54) is 6.26 Å². The monoisotopic (exact) mass is 273 g/mol. The van der Waals surface area contributed by atoms with E-state index in [0.717, 1.165) is 21.5 Å². The Balaban J connectivity index is 2.24. The topological polar surface area (TPSA) is 50.1 Å². The van der Waals surface area contributed by atoms with E-state index in [1.54, 1.807) is 6.07 Å². The molecule has 0 aliphatic carbocycles. The molecule has 0 spiro atoms. The van der Waals surface area contributed by atoms with E-state index < -0.39 is 5.97 Å². The molecule has 0 heterocycles. The van der Waals surface area contributed by atoms with Crippen LogP contribution in [-0.4, -0.2) is 5.97 Å². The number of nitrogens with zero attached hydrogens (tertiary/aromatic N) is 1. The van der Waals surface area contributed by atoms with Crippen molar-refractivity contribution < 1.29 is 9.53 Å². The standard InChI is InChI=1S/C18H11NO2/c1-12(18(20)21-11-19)16-8-4-7-15-9-13-5-2-3-6-14(13)10-17(15)16/h2-10H,1H2. The minimum absolute atomic E-state index is 0.178. The van der Waals surface area contributed by atoms with Gasteiger partial charge in [-0.15, -0.1) is 5.26 Å². The fourth-order valence-corrected chi connectivity index (χ4v) is 2.44. The Labute approximate surface area is 121 Å². The van der Waals surface area contributed by atoms with Crippen LogP contribution < -0.4 is 0 Å². The van der Waals surface area contributed by atoms with Crippen LogP contribution in [0, 0.1) is 11.5 Å². The molecule has 3 rings (SSSR count). The van der Waals surface area contributed by atoms with Gasteiger partial charge in [0.15, 0.2) is 0 Å². The van der Waals surface area contributed by atoms with Crippen LogP contribution in [0.2, 0.25) is 0 Å². The first-order valence-electron chi connectivity index (χ1n) is 6.42. The Kier molecular flexibility index (Phi) is 3.13. The number of hydrogen-bond acceptors (Lipinski definition) is 3. The van der Waals surface area contributed by atoms with Crippen LogP contribution in [0.5, 0.6) is 0 Å². The molecule has 100 valence electrons. The zero-order chi connectivity index (χ0) is 14.8. The Morgan fingerprint density at radius 2 is 1.67 bits per heavy atom. The molecule has 0 N–H and O–H groups in total. The van der Waals surface area contributed by atoms with E-state index in [1.807, 2.05) is 42.5 Å². The maximum Gasteiger partial charge on any atom is 0.353 e. The molecule has 0 saturated carbocycles. The predicted molar refractivity (Wildman–Crippen MR) is 82.2 cm³/mol. The van der Waals surface area contributed by atoms with Gasteiger partial charge in [-0.1, -0.05) is 49.0 Å². The van der Waals surface area contributed by atoms with Crippen molar-refractivity contribution >= 4 is 33.1 Å². The third-order valence-corrected chi connectivity index (χ3v) is 3.46. The number of nitriles is 1. The summed E-state index contributed by atoms with van der Waals surface area (Å²) < 4.78 is 4.36. The highest BCUT2D eigenvalue weighted by molar-refractivity contribution is 6.20. The smallest absolute Gasteiger partial charge is 0.347 e. The highest BCUT2D eigenvalue weighted by atomic mass is 16.5. The summed E-state index contributed by atoms with van der Waals surface area (Å²) in [4.78, 5) is 11.7. The minimum Gasteiger partial charge on any atom is -0.347 e. The van der Waals surface area contributed by atoms with E-state index in [0.29, 0.717) is 5.56 Å². The third-order valence-electron chi connectivity index (χ3n) is 3.46. The minimum atomic E-state index is -0.724. The van der Waals surface area contributed by atoms with Crippen molar-refractivity contribution in [1.82, 2.24) is 0 Å². The van der Waals surface area contributed by atoms with E-state index >= 15 is 0 Å². The predicted octanol–water partition coefficient (Wildman–Crippen LogP) is 4.03. The number of hydrogen-bond donors (Lipinski definition) is 0. The van der Waals surface area contributed by atoms with Crippen molar-refractivity contribution in [3.8, 4) is 6.26 Å². The summed E-state index contributed by atoms with van der Waals surface area (Å²) in [6, 6.07) is 17.7. The van der Waals surface area contributed by atoms with Crippen LogP contribution in [0.3, 0.4) is 0 Å². The average Bonchev–Trinajstić information content (AvgIpc) is 2.52. The first kappa shape index (κ1) is 12.9. The quantitative estimate of drug-likeness (QED) is 0.306. The molecule has 21 heavy (non-hydrogen) atoms. The molecule has 0 atom stereocenters. The third kappa shape index (κ3) is 2.24. The summed E-state index contributed by atoms with van der Waals surface area (Å²) in [6.07, 6.45) is 1.39. The van der Waals surface area contributed by atoms with Crippen molar-refractivity contribution in [3.05, 3.63) is 66.7 Å². The van der Waals surface area contributed by atoms with Crippen molar-refractivity contribution in [3.63, 3.8) is 0 Å². The molecule has 0 unspecified atom stereocenters. The highest BCUT2D eigenvalue weighted by Crippen LogP contribution is 2.29. The maximum atomic E-state index is 11.7. The van der Waals surface area contributed by atoms with Crippen molar-refractivity contribution in [2.24, 2.45) is 0 Å². The first-order valence-corrected chi connectivity index (χ1v) is 6.42. The molecular weight excluding hydrogens is 262 g/mol. The second kappa shape index (κ2) is 5.10. The van der Waals surface area contributed by atoms with Gasteiger partial charge in [0.25, 0.3) is 6.26 Å². The first-order chi connectivity index (χ1) is 10.2. The normalized spacial score (nSPS) is 10.2. The van der Waals surface area contributed by atoms with Gasteiger partial charge in [-0.25, -0.2) is 4.79 Å². The molecule has 3 aromatic carbocycles. The van der Waals surface area contributed by atoms with Gasteiger partial charge in [0, 0.05) is 0 Å². The van der Waals surface area contributed by atoms with Gasteiger partial charge >= 0.3 is 5.97 Å². The highest BCUT2D eigenvalue weighted by Gasteiger charge is 2.14. The molecule has 0 aromatic heterocycles. The molecule has 0 bridgehead atoms. The van der Waals surface area contributed by atoms with Gasteiger partial charge < -0.3 is 4.74 Å². The Hall–Kier alpha value is -3.12. The lowest BCUT2D eigenvalue weighted by Gasteiger charge is -2.09. The molecule has 3 aromatic rings. The SMILES string of the molecule is C=C(C(=O)OC#N)c1cccc2cc3ccccc3cc12. The van der Waals surface area contributed by atoms with E-state index in [4.69, 9.17) is 5.26 Å². The zero-order valence-electron chi connectivity index (χ0n) is 11.2. The van der Waals surface area contributed by atoms with E-state index in [2.05, 4.69) is 17.4 Å². The van der Waals surface area contributed by atoms with Gasteiger partial charge in [-0.05, 0) is 39.2 Å². The molecule has 0 aliphatic heterocycles. The van der Waals surface area contributed by atoms with Crippen LogP contribution in [-0.2, 0) is 9.53 Å². The lowest BCUT2D eigenvalue weighted by Crippen LogP contribution is -2.02.